The number of halogens is 4. The molecule has 0 aromatic heterocycles. The van der Waals surface area contributed by atoms with E-state index in [4.69, 9.17) is 4.55 Å². The molecular weight excluding hydrogens is 269 g/mol. The van der Waals surface area contributed by atoms with Gasteiger partial charge in [0.15, 0.2) is 0 Å². The fourth-order valence-corrected chi connectivity index (χ4v) is 1.84. The van der Waals surface area contributed by atoms with E-state index in [0.29, 0.717) is 0 Å². The minimum absolute atomic E-state index is 0. The van der Waals surface area contributed by atoms with Crippen molar-refractivity contribution in [1.82, 2.24) is 0 Å². The lowest BCUT2D eigenvalue weighted by atomic mass is 10.1. The SMILES string of the molecule is Cl.O=S(=O)(O)c1ccccc1CC(F)(F)F. The molecule has 0 atom stereocenters. The van der Waals surface area contributed by atoms with Gasteiger partial charge < -0.3 is 0 Å². The van der Waals surface area contributed by atoms with Gasteiger partial charge in [-0.15, -0.1) is 12.4 Å². The number of alkyl halides is 3. The lowest BCUT2D eigenvalue weighted by Crippen LogP contribution is -2.14. The normalized spacial score (nSPS) is 12.0. The minimum Gasteiger partial charge on any atom is -0.282 e. The Labute approximate surface area is 96.4 Å². The summed E-state index contributed by atoms with van der Waals surface area (Å²) in [5, 5.41) is 0. The summed E-state index contributed by atoms with van der Waals surface area (Å²) >= 11 is 0. The number of hydrogen-bond acceptors (Lipinski definition) is 2. The van der Waals surface area contributed by atoms with Crippen LogP contribution in [0.3, 0.4) is 0 Å². The second kappa shape index (κ2) is 5.03. The summed E-state index contributed by atoms with van der Waals surface area (Å²) in [4.78, 5) is -0.706. The van der Waals surface area contributed by atoms with E-state index >= 15 is 0 Å². The van der Waals surface area contributed by atoms with Crippen LogP contribution in [0.15, 0.2) is 29.2 Å². The topological polar surface area (TPSA) is 54.4 Å². The predicted octanol–water partition coefficient (Wildman–Crippen LogP) is 2.46. The standard InChI is InChI=1S/C8H7F3O3S.ClH/c9-8(10,11)5-6-3-1-2-4-7(6)15(12,13)14;/h1-4H,5H2,(H,12,13,14);1H. The molecule has 3 nitrogen and oxygen atoms in total. The monoisotopic (exact) mass is 276 g/mol. The second-order valence-electron chi connectivity index (χ2n) is 2.87. The van der Waals surface area contributed by atoms with Gasteiger partial charge in [0.05, 0.1) is 11.3 Å². The maximum atomic E-state index is 12.0. The smallest absolute Gasteiger partial charge is 0.282 e. The summed E-state index contributed by atoms with van der Waals surface area (Å²) in [6.07, 6.45) is -5.90. The number of benzene rings is 1. The lowest BCUT2D eigenvalue weighted by molar-refractivity contribution is -0.127. The second-order valence-corrected chi connectivity index (χ2v) is 4.26. The third-order valence-electron chi connectivity index (χ3n) is 1.64. The summed E-state index contributed by atoms with van der Waals surface area (Å²) in [6.45, 7) is 0. The maximum absolute atomic E-state index is 12.0. The van der Waals surface area contributed by atoms with Crippen molar-refractivity contribution in [3.05, 3.63) is 29.8 Å². The van der Waals surface area contributed by atoms with Crippen molar-refractivity contribution in [2.45, 2.75) is 17.5 Å². The van der Waals surface area contributed by atoms with Crippen LogP contribution >= 0.6 is 12.4 Å². The van der Waals surface area contributed by atoms with E-state index < -0.39 is 33.2 Å². The molecular formula is C8H8ClF3O3S. The molecule has 1 aromatic carbocycles. The number of rotatable bonds is 2. The first-order valence-electron chi connectivity index (χ1n) is 3.82. The molecule has 1 aromatic rings. The van der Waals surface area contributed by atoms with E-state index in [1.54, 1.807) is 0 Å². The fraction of sp³-hybridized carbons (Fsp3) is 0.250. The van der Waals surface area contributed by atoms with Crippen LogP contribution in [0.25, 0.3) is 0 Å². The molecule has 0 heterocycles. The van der Waals surface area contributed by atoms with Crippen LogP contribution < -0.4 is 0 Å². The molecule has 0 fully saturated rings. The van der Waals surface area contributed by atoms with Gasteiger partial charge in [0.2, 0.25) is 0 Å². The Kier molecular flexibility index (Phi) is 4.78. The molecule has 1 N–H and O–H groups in total. The Hall–Kier alpha value is -0.790. The van der Waals surface area contributed by atoms with Crippen LogP contribution in [-0.2, 0) is 16.5 Å². The van der Waals surface area contributed by atoms with Gasteiger partial charge in [0.1, 0.15) is 0 Å². The molecule has 0 bridgehead atoms. The van der Waals surface area contributed by atoms with E-state index in [9.17, 15) is 21.6 Å². The third-order valence-corrected chi connectivity index (χ3v) is 2.60. The van der Waals surface area contributed by atoms with Crippen molar-refractivity contribution >= 4 is 22.5 Å². The van der Waals surface area contributed by atoms with Crippen molar-refractivity contribution in [2.24, 2.45) is 0 Å². The van der Waals surface area contributed by atoms with Crippen LogP contribution in [0, 0.1) is 0 Å². The van der Waals surface area contributed by atoms with Gasteiger partial charge in [-0.2, -0.15) is 21.6 Å². The molecule has 0 saturated carbocycles. The van der Waals surface area contributed by atoms with Crippen molar-refractivity contribution in [3.8, 4) is 0 Å². The first kappa shape index (κ1) is 15.2. The van der Waals surface area contributed by atoms with Gasteiger partial charge in [-0.3, -0.25) is 4.55 Å². The zero-order chi connectivity index (χ0) is 11.7. The molecule has 0 aliphatic heterocycles. The Morgan fingerprint density at radius 3 is 2.12 bits per heavy atom. The van der Waals surface area contributed by atoms with E-state index in [2.05, 4.69) is 0 Å². The van der Waals surface area contributed by atoms with E-state index in [1.807, 2.05) is 0 Å². The zero-order valence-electron chi connectivity index (χ0n) is 7.73. The quantitative estimate of drug-likeness (QED) is 0.844. The fourth-order valence-electron chi connectivity index (χ4n) is 1.12. The highest BCUT2D eigenvalue weighted by molar-refractivity contribution is 7.85. The summed E-state index contributed by atoms with van der Waals surface area (Å²) in [5.41, 5.74) is -0.465. The zero-order valence-corrected chi connectivity index (χ0v) is 9.36. The highest BCUT2D eigenvalue weighted by Gasteiger charge is 2.30. The van der Waals surface area contributed by atoms with Crippen molar-refractivity contribution < 1.29 is 26.1 Å². The maximum Gasteiger partial charge on any atom is 0.393 e. The Morgan fingerprint density at radius 1 is 1.19 bits per heavy atom. The molecule has 1 rings (SSSR count). The molecule has 0 spiro atoms. The number of hydrogen-bond donors (Lipinski definition) is 1. The van der Waals surface area contributed by atoms with Crippen LogP contribution in [0.5, 0.6) is 0 Å². The van der Waals surface area contributed by atoms with Crippen molar-refractivity contribution in [3.63, 3.8) is 0 Å². The van der Waals surface area contributed by atoms with Crippen LogP contribution in [0.4, 0.5) is 13.2 Å². The van der Waals surface area contributed by atoms with Crippen LogP contribution in [0.2, 0.25) is 0 Å². The van der Waals surface area contributed by atoms with Gasteiger partial charge >= 0.3 is 6.18 Å². The van der Waals surface area contributed by atoms with E-state index in [1.165, 1.54) is 12.1 Å². The predicted molar refractivity (Wildman–Crippen MR) is 53.3 cm³/mol. The average Bonchev–Trinajstić information content (AvgIpc) is 1.99. The summed E-state index contributed by atoms with van der Waals surface area (Å²) in [5.74, 6) is 0. The Morgan fingerprint density at radius 2 is 1.69 bits per heavy atom. The first-order valence-corrected chi connectivity index (χ1v) is 5.26. The third kappa shape index (κ3) is 4.38. The summed E-state index contributed by atoms with van der Waals surface area (Å²) in [6, 6.07) is 4.45. The molecule has 0 unspecified atom stereocenters. The van der Waals surface area contributed by atoms with Gasteiger partial charge in [-0.1, -0.05) is 18.2 Å². The average molecular weight is 277 g/mol. The van der Waals surface area contributed by atoms with Gasteiger partial charge in [0, 0.05) is 0 Å². The van der Waals surface area contributed by atoms with Gasteiger partial charge in [-0.05, 0) is 11.6 Å². The summed E-state index contributed by atoms with van der Waals surface area (Å²) < 4.78 is 66.2. The minimum atomic E-state index is -4.61. The van der Waals surface area contributed by atoms with E-state index in [-0.39, 0.29) is 12.4 Å². The molecule has 92 valence electrons. The summed E-state index contributed by atoms with van der Waals surface area (Å²) in [7, 11) is -4.61. The Bertz CT molecular complexity index is 456. The van der Waals surface area contributed by atoms with Crippen LogP contribution in [-0.4, -0.2) is 19.1 Å². The highest BCUT2D eigenvalue weighted by Crippen LogP contribution is 2.25. The molecule has 0 aliphatic carbocycles. The highest BCUT2D eigenvalue weighted by atomic mass is 35.5. The Balaban J connectivity index is 0.00000225. The van der Waals surface area contributed by atoms with Crippen molar-refractivity contribution in [1.29, 1.82) is 0 Å². The molecule has 0 radical (unpaired) electrons. The van der Waals surface area contributed by atoms with Crippen molar-refractivity contribution in [2.75, 3.05) is 0 Å². The molecule has 16 heavy (non-hydrogen) atoms. The van der Waals surface area contributed by atoms with E-state index in [0.717, 1.165) is 12.1 Å². The largest absolute Gasteiger partial charge is 0.393 e. The van der Waals surface area contributed by atoms with Crippen LogP contribution in [0.1, 0.15) is 5.56 Å². The lowest BCUT2D eigenvalue weighted by Gasteiger charge is -2.09. The first-order chi connectivity index (χ1) is 6.70. The molecule has 0 aliphatic rings. The van der Waals surface area contributed by atoms with Gasteiger partial charge in [0.25, 0.3) is 10.1 Å². The molecule has 0 saturated heterocycles. The molecule has 8 heteroatoms. The molecule has 0 amide bonds. The van der Waals surface area contributed by atoms with Gasteiger partial charge in [-0.25, -0.2) is 0 Å².